The Labute approximate surface area is 200 Å². The van der Waals surface area contributed by atoms with Gasteiger partial charge in [-0.1, -0.05) is 30.3 Å². The second-order valence-corrected chi connectivity index (χ2v) is 9.58. The minimum Gasteiger partial charge on any atom is -0.457 e. The standard InChI is InChI=1S/C24H36N2O8/c1-17(27)32-19(20(28)33-23(2,3)4)14-11-15-26(25-21(29)34-24(5,6)7)22(30)31-16-18-12-9-8-10-13-18/h8-10,12-13,19H,11,14-16H2,1-7H3,(H,25,29)/t19-/m1/s1. The van der Waals surface area contributed by atoms with E-state index in [1.165, 1.54) is 6.92 Å². The van der Waals surface area contributed by atoms with Crippen LogP contribution in [0.15, 0.2) is 30.3 Å². The molecule has 1 aromatic carbocycles. The van der Waals surface area contributed by atoms with Crippen molar-refractivity contribution in [3.8, 4) is 0 Å². The van der Waals surface area contributed by atoms with Crippen molar-refractivity contribution in [3.05, 3.63) is 35.9 Å². The number of nitrogens with one attached hydrogen (secondary N) is 1. The molecule has 1 atom stereocenters. The predicted molar refractivity (Wildman–Crippen MR) is 123 cm³/mol. The fraction of sp³-hybridized carbons (Fsp3) is 0.583. The lowest BCUT2D eigenvalue weighted by atomic mass is 10.1. The van der Waals surface area contributed by atoms with E-state index in [1.807, 2.05) is 18.2 Å². The molecule has 0 saturated carbocycles. The Bertz CT molecular complexity index is 828. The van der Waals surface area contributed by atoms with Gasteiger partial charge in [0, 0.05) is 13.5 Å². The van der Waals surface area contributed by atoms with Crippen LogP contribution >= 0.6 is 0 Å². The minimum absolute atomic E-state index is 0.000152. The van der Waals surface area contributed by atoms with Crippen LogP contribution in [-0.2, 0) is 35.1 Å². The molecular weight excluding hydrogens is 444 g/mol. The quantitative estimate of drug-likeness (QED) is 0.335. The Morgan fingerprint density at radius 1 is 0.941 bits per heavy atom. The lowest BCUT2D eigenvalue weighted by molar-refractivity contribution is -0.175. The first kappa shape index (κ1) is 28.7. The number of amides is 2. The molecule has 190 valence electrons. The first-order chi connectivity index (χ1) is 15.7. The summed E-state index contributed by atoms with van der Waals surface area (Å²) in [5.41, 5.74) is 1.60. The van der Waals surface area contributed by atoms with Crippen molar-refractivity contribution in [2.75, 3.05) is 6.54 Å². The van der Waals surface area contributed by atoms with Gasteiger partial charge in [0.2, 0.25) is 0 Å². The lowest BCUT2D eigenvalue weighted by Gasteiger charge is -2.27. The summed E-state index contributed by atoms with van der Waals surface area (Å²) in [5.74, 6) is -1.33. The summed E-state index contributed by atoms with van der Waals surface area (Å²) in [6, 6.07) is 9.05. The molecule has 0 aliphatic heterocycles. The molecule has 0 aliphatic carbocycles. The Hall–Kier alpha value is -3.30. The zero-order valence-electron chi connectivity index (χ0n) is 21.0. The SMILES string of the molecule is CC(=O)O[C@H](CCCN(NC(=O)OC(C)(C)C)C(=O)OCc1ccccc1)C(=O)OC(C)(C)C. The van der Waals surface area contributed by atoms with Gasteiger partial charge in [0.25, 0.3) is 0 Å². The van der Waals surface area contributed by atoms with Gasteiger partial charge in [-0.2, -0.15) is 0 Å². The van der Waals surface area contributed by atoms with E-state index in [0.717, 1.165) is 10.6 Å². The highest BCUT2D eigenvalue weighted by Crippen LogP contribution is 2.14. The molecule has 0 heterocycles. The molecule has 10 nitrogen and oxygen atoms in total. The van der Waals surface area contributed by atoms with Crippen LogP contribution in [0.5, 0.6) is 0 Å². The van der Waals surface area contributed by atoms with Gasteiger partial charge in [-0.3, -0.25) is 4.79 Å². The van der Waals surface area contributed by atoms with Crippen molar-refractivity contribution in [1.82, 2.24) is 10.4 Å². The smallest absolute Gasteiger partial charge is 0.429 e. The van der Waals surface area contributed by atoms with Crippen molar-refractivity contribution < 1.29 is 38.1 Å². The van der Waals surface area contributed by atoms with Gasteiger partial charge in [0.05, 0.1) is 0 Å². The van der Waals surface area contributed by atoms with Gasteiger partial charge in [0.1, 0.15) is 17.8 Å². The predicted octanol–water partition coefficient (Wildman–Crippen LogP) is 4.12. The van der Waals surface area contributed by atoms with Crippen molar-refractivity contribution >= 4 is 24.1 Å². The average molecular weight is 481 g/mol. The maximum absolute atomic E-state index is 12.6. The number of hydrogen-bond donors (Lipinski definition) is 1. The molecule has 34 heavy (non-hydrogen) atoms. The summed E-state index contributed by atoms with van der Waals surface area (Å²) in [6.07, 6.45) is -2.55. The second-order valence-electron chi connectivity index (χ2n) is 9.58. The summed E-state index contributed by atoms with van der Waals surface area (Å²) < 4.78 is 20.9. The van der Waals surface area contributed by atoms with Gasteiger partial charge >= 0.3 is 24.1 Å². The molecule has 0 aromatic heterocycles. The third-order valence-corrected chi connectivity index (χ3v) is 3.88. The van der Waals surface area contributed by atoms with E-state index >= 15 is 0 Å². The first-order valence-electron chi connectivity index (χ1n) is 11.0. The average Bonchev–Trinajstić information content (AvgIpc) is 2.68. The minimum atomic E-state index is -1.15. The van der Waals surface area contributed by atoms with Gasteiger partial charge in [-0.05, 0) is 59.9 Å². The maximum atomic E-state index is 12.6. The first-order valence-corrected chi connectivity index (χ1v) is 11.0. The van der Waals surface area contributed by atoms with Crippen LogP contribution < -0.4 is 5.43 Å². The van der Waals surface area contributed by atoms with Crippen LogP contribution in [0.25, 0.3) is 0 Å². The number of benzene rings is 1. The van der Waals surface area contributed by atoms with Crippen molar-refractivity contribution in [2.45, 2.75) is 85.2 Å². The fourth-order valence-corrected chi connectivity index (χ4v) is 2.63. The Morgan fingerprint density at radius 3 is 2.06 bits per heavy atom. The van der Waals surface area contributed by atoms with Crippen molar-refractivity contribution in [2.24, 2.45) is 0 Å². The highest BCUT2D eigenvalue weighted by atomic mass is 16.6. The molecule has 1 aromatic rings. The molecule has 0 fully saturated rings. The van der Waals surface area contributed by atoms with E-state index in [4.69, 9.17) is 18.9 Å². The molecule has 10 heteroatoms. The Morgan fingerprint density at radius 2 is 1.53 bits per heavy atom. The van der Waals surface area contributed by atoms with Crippen LogP contribution in [0.2, 0.25) is 0 Å². The maximum Gasteiger partial charge on any atom is 0.429 e. The Kier molecular flexibility index (Phi) is 10.8. The van der Waals surface area contributed by atoms with Crippen molar-refractivity contribution in [1.29, 1.82) is 0 Å². The molecule has 0 spiro atoms. The van der Waals surface area contributed by atoms with E-state index in [9.17, 15) is 19.2 Å². The summed E-state index contributed by atoms with van der Waals surface area (Å²) in [5, 5.41) is 0.955. The van der Waals surface area contributed by atoms with Crippen molar-refractivity contribution in [3.63, 3.8) is 0 Å². The van der Waals surface area contributed by atoms with E-state index in [1.54, 1.807) is 53.7 Å². The molecule has 0 radical (unpaired) electrons. The summed E-state index contributed by atoms with van der Waals surface area (Å²) in [7, 11) is 0. The zero-order chi connectivity index (χ0) is 25.9. The number of carbonyl (C=O) groups is 4. The third kappa shape index (κ3) is 12.7. The third-order valence-electron chi connectivity index (χ3n) is 3.88. The Balaban J connectivity index is 2.82. The van der Waals surface area contributed by atoms with Crippen LogP contribution in [-0.4, -0.2) is 53.0 Å². The van der Waals surface area contributed by atoms with Crippen LogP contribution in [0.3, 0.4) is 0 Å². The molecular formula is C24H36N2O8. The van der Waals surface area contributed by atoms with Gasteiger partial charge < -0.3 is 18.9 Å². The van der Waals surface area contributed by atoms with Gasteiger partial charge in [0.15, 0.2) is 6.10 Å². The number of nitrogens with zero attached hydrogens (tertiary/aromatic N) is 1. The van der Waals surface area contributed by atoms with E-state index in [0.29, 0.717) is 0 Å². The number of ether oxygens (including phenoxy) is 4. The number of rotatable bonds is 8. The summed E-state index contributed by atoms with van der Waals surface area (Å²) >= 11 is 0. The number of hydrogen-bond acceptors (Lipinski definition) is 8. The largest absolute Gasteiger partial charge is 0.457 e. The topological polar surface area (TPSA) is 120 Å². The van der Waals surface area contributed by atoms with E-state index in [-0.39, 0.29) is 26.0 Å². The molecule has 2 amide bonds. The monoisotopic (exact) mass is 480 g/mol. The zero-order valence-corrected chi connectivity index (χ0v) is 21.0. The summed E-state index contributed by atoms with van der Waals surface area (Å²) in [4.78, 5) is 48.7. The normalized spacial score (nSPS) is 12.2. The fourth-order valence-electron chi connectivity index (χ4n) is 2.63. The number of carbonyl (C=O) groups excluding carboxylic acids is 4. The van der Waals surface area contributed by atoms with Gasteiger partial charge in [-0.25, -0.2) is 24.8 Å². The van der Waals surface area contributed by atoms with Gasteiger partial charge in [-0.15, -0.1) is 0 Å². The van der Waals surface area contributed by atoms with Crippen LogP contribution in [0.4, 0.5) is 9.59 Å². The molecule has 0 aliphatic rings. The summed E-state index contributed by atoms with van der Waals surface area (Å²) in [6.45, 7) is 11.3. The highest BCUT2D eigenvalue weighted by Gasteiger charge is 2.29. The molecule has 0 saturated heterocycles. The van der Waals surface area contributed by atoms with E-state index < -0.39 is 41.4 Å². The molecule has 1 N–H and O–H groups in total. The lowest BCUT2D eigenvalue weighted by Crippen LogP contribution is -2.48. The van der Waals surface area contributed by atoms with E-state index in [2.05, 4.69) is 5.43 Å². The van der Waals surface area contributed by atoms with Crippen LogP contribution in [0.1, 0.15) is 66.9 Å². The molecule has 0 unspecified atom stereocenters. The molecule has 1 rings (SSSR count). The second kappa shape index (κ2) is 12.8. The number of hydrazine groups is 1. The number of esters is 2. The molecule has 0 bridgehead atoms. The highest BCUT2D eigenvalue weighted by molar-refractivity contribution is 5.79. The van der Waals surface area contributed by atoms with Crippen LogP contribution in [0, 0.1) is 0 Å².